The zero-order valence-electron chi connectivity index (χ0n) is 44.2. The van der Waals surface area contributed by atoms with Crippen LogP contribution in [0.25, 0.3) is 187 Å². The van der Waals surface area contributed by atoms with E-state index in [9.17, 15) is 0 Å². The Morgan fingerprint density at radius 1 is 0.146 bits per heavy atom. The lowest BCUT2D eigenvalue weighted by Crippen LogP contribution is -2.05. The van der Waals surface area contributed by atoms with Gasteiger partial charge in [0.05, 0.1) is 66.9 Å². The van der Waals surface area contributed by atoms with Crippen LogP contribution >= 0.6 is 0 Å². The van der Waals surface area contributed by atoms with Gasteiger partial charge in [0.2, 0.25) is 0 Å². The van der Waals surface area contributed by atoms with Crippen LogP contribution in [0.15, 0.2) is 267 Å². The molecule has 0 unspecified atom stereocenters. The number of hydrogen-bond donors (Lipinski definition) is 0. The summed E-state index contributed by atoms with van der Waals surface area (Å²) in [6.45, 7) is 0. The lowest BCUT2D eigenvalue weighted by molar-refractivity contribution is 1.17. The van der Waals surface area contributed by atoms with E-state index in [-0.39, 0.29) is 0 Å². The van der Waals surface area contributed by atoms with E-state index >= 15 is 0 Å². The first kappa shape index (κ1) is 43.0. The molecule has 20 rings (SSSR count). The minimum atomic E-state index is 1.19. The third-order valence-corrected chi connectivity index (χ3v) is 18.8. The van der Waals surface area contributed by atoms with Gasteiger partial charge in [-0.15, -0.1) is 0 Å². The molecule has 376 valence electrons. The normalized spacial score (nSPS) is 12.6. The van der Waals surface area contributed by atoms with Crippen molar-refractivity contribution in [3.63, 3.8) is 0 Å². The van der Waals surface area contributed by atoms with Crippen LogP contribution < -0.4 is 0 Å². The van der Waals surface area contributed by atoms with Crippen LogP contribution in [0.3, 0.4) is 0 Å². The van der Waals surface area contributed by atoms with Gasteiger partial charge in [-0.1, -0.05) is 218 Å². The second-order valence-electron chi connectivity index (χ2n) is 22.5. The maximum Gasteiger partial charge on any atom is 0.0626 e. The van der Waals surface area contributed by atoms with Crippen molar-refractivity contribution in [1.29, 1.82) is 0 Å². The van der Waals surface area contributed by atoms with Gasteiger partial charge < -0.3 is 18.3 Å². The van der Waals surface area contributed by atoms with Gasteiger partial charge in [0.15, 0.2) is 0 Å². The van der Waals surface area contributed by atoms with Crippen molar-refractivity contribution in [3.05, 3.63) is 267 Å². The maximum atomic E-state index is 2.59. The molecule has 0 saturated carbocycles. The van der Waals surface area contributed by atoms with Gasteiger partial charge in [-0.25, -0.2) is 0 Å². The highest BCUT2D eigenvalue weighted by molar-refractivity contribution is 6.34. The topological polar surface area (TPSA) is 19.7 Å². The number of nitrogens with zero attached hydrogens (tertiary/aromatic N) is 4. The van der Waals surface area contributed by atoms with Gasteiger partial charge in [0.1, 0.15) is 0 Å². The van der Waals surface area contributed by atoms with Gasteiger partial charge in [-0.2, -0.15) is 0 Å². The van der Waals surface area contributed by atoms with Crippen LogP contribution in [0, 0.1) is 0 Å². The Kier molecular flexibility index (Phi) is 8.10. The second-order valence-corrected chi connectivity index (χ2v) is 22.5. The molecule has 0 radical (unpaired) electrons. The molecule has 4 nitrogen and oxygen atoms in total. The fourth-order valence-electron chi connectivity index (χ4n) is 15.8. The number of rotatable bonds is 4. The monoisotopic (exact) mass is 1040 g/mol. The van der Waals surface area contributed by atoms with E-state index in [4.69, 9.17) is 0 Å². The van der Waals surface area contributed by atoms with Crippen LogP contribution in [0.1, 0.15) is 0 Å². The number of hydrogen-bond acceptors (Lipinski definition) is 0. The van der Waals surface area contributed by atoms with Gasteiger partial charge in [-0.3, -0.25) is 0 Å². The van der Waals surface area contributed by atoms with E-state index in [1.54, 1.807) is 0 Å². The lowest BCUT2D eigenvalue weighted by Gasteiger charge is -2.24. The summed E-state index contributed by atoms with van der Waals surface area (Å²) in [4.78, 5) is 0. The highest BCUT2D eigenvalue weighted by atomic mass is 15.0. The first-order valence-electron chi connectivity index (χ1n) is 28.5. The highest BCUT2D eigenvalue weighted by Crippen LogP contribution is 2.64. The van der Waals surface area contributed by atoms with Crippen molar-refractivity contribution in [2.45, 2.75) is 0 Å². The van der Waals surface area contributed by atoms with E-state index in [0.717, 1.165) is 0 Å². The second kappa shape index (κ2) is 15.5. The molecule has 0 aliphatic heterocycles. The first-order valence-corrected chi connectivity index (χ1v) is 28.5. The molecule has 0 spiro atoms. The zero-order valence-corrected chi connectivity index (χ0v) is 44.2. The van der Waals surface area contributed by atoms with E-state index < -0.39 is 0 Å². The summed E-state index contributed by atoms with van der Waals surface area (Å²) in [5, 5.41) is 17.4. The summed E-state index contributed by atoms with van der Waals surface area (Å²) in [6.07, 6.45) is 0. The van der Waals surface area contributed by atoms with E-state index in [1.807, 2.05) is 0 Å². The fourth-order valence-corrected chi connectivity index (χ4v) is 15.8. The number of para-hydroxylation sites is 8. The summed E-state index contributed by atoms with van der Waals surface area (Å²) in [5.74, 6) is 0. The van der Waals surface area contributed by atoms with Gasteiger partial charge in [0, 0.05) is 86.9 Å². The average molecular weight is 1040 g/mol. The molecule has 0 amide bonds. The SMILES string of the molecule is c1ccc2c(-n3c4ccccc4c4ccccc43)c3c(c(-n4c5ccccc5c5ccccc54)c2c1)-c1ccc2c4c(ccc-3c14)-c1c-2c(-n2c3ccccc3c3ccccc32)c2ccccc2c1-n1c2ccccc2c2ccccc21. The van der Waals surface area contributed by atoms with E-state index in [0.29, 0.717) is 0 Å². The largest absolute Gasteiger partial charge is 0.308 e. The third kappa shape index (κ3) is 5.16. The van der Waals surface area contributed by atoms with Crippen LogP contribution in [-0.2, 0) is 0 Å². The summed E-state index contributed by atoms with van der Waals surface area (Å²) in [6, 6.07) is 100. The molecule has 2 aliphatic rings. The summed E-state index contributed by atoms with van der Waals surface area (Å²) < 4.78 is 10.4. The maximum absolute atomic E-state index is 2.59. The lowest BCUT2D eigenvalue weighted by atomic mass is 9.91. The van der Waals surface area contributed by atoms with Crippen LogP contribution in [0.4, 0.5) is 0 Å². The fraction of sp³-hybridized carbons (Fsp3) is 0. The molecular weight excluding hydrogens is 993 g/mol. The van der Waals surface area contributed by atoms with Crippen molar-refractivity contribution in [2.75, 3.05) is 0 Å². The molecule has 4 heteroatoms. The van der Waals surface area contributed by atoms with Crippen molar-refractivity contribution < 1.29 is 0 Å². The Bertz CT molecular complexity index is 5020. The molecule has 14 aromatic carbocycles. The molecule has 2 aliphatic carbocycles. The highest BCUT2D eigenvalue weighted by Gasteiger charge is 2.39. The molecule has 0 atom stereocenters. The zero-order chi connectivity index (χ0) is 53.1. The summed E-state index contributed by atoms with van der Waals surface area (Å²) in [7, 11) is 0. The van der Waals surface area contributed by atoms with Gasteiger partial charge in [-0.05, 0) is 81.6 Å². The number of aromatic nitrogens is 4. The van der Waals surface area contributed by atoms with Gasteiger partial charge >= 0.3 is 0 Å². The smallest absolute Gasteiger partial charge is 0.0626 e. The Morgan fingerprint density at radius 2 is 0.293 bits per heavy atom. The van der Waals surface area contributed by atoms with E-state index in [2.05, 4.69) is 285 Å². The van der Waals surface area contributed by atoms with Crippen molar-refractivity contribution in [2.24, 2.45) is 0 Å². The van der Waals surface area contributed by atoms with Crippen LogP contribution in [0.5, 0.6) is 0 Å². The Labute approximate surface area is 469 Å². The van der Waals surface area contributed by atoms with Crippen molar-refractivity contribution >= 4 is 120 Å². The standard InChI is InChI=1S/C78H44N4/c1-2-30-54-53(29-1)75(79-61-33-13-5-21-45(61)46-22-6-14-34-62(46)79)71-57-41-42-59-70-60(44-43-58(69(57)70)72(71)76(54)80-63-35-15-7-23-47(63)48-24-8-16-36-64(48)80)74-73(59)77(81-65-37-17-9-25-49(65)50-26-10-18-38-66(50)81)55-31-3-4-32-56(55)78(74)82-67-39-19-11-27-51(67)52-28-12-20-40-68(52)82/h1-44H. The molecule has 4 aromatic heterocycles. The molecule has 82 heavy (non-hydrogen) atoms. The first-order chi connectivity index (χ1) is 40.8. The number of benzene rings is 14. The average Bonchev–Trinajstić information content (AvgIpc) is 2.74. The molecule has 0 fully saturated rings. The minimum Gasteiger partial charge on any atom is -0.308 e. The molecule has 0 bridgehead atoms. The van der Waals surface area contributed by atoms with Crippen LogP contribution in [-0.4, -0.2) is 18.3 Å². The molecule has 0 N–H and O–H groups in total. The number of fused-ring (bicyclic) bond motifs is 20. The predicted molar refractivity (Wildman–Crippen MR) is 345 cm³/mol. The Hall–Kier alpha value is -10.9. The molecule has 4 heterocycles. The molecule has 18 aromatic rings. The minimum absolute atomic E-state index is 1.19. The molecular formula is C78H44N4. The Morgan fingerprint density at radius 3 is 0.463 bits per heavy atom. The summed E-state index contributed by atoms with van der Waals surface area (Å²) >= 11 is 0. The van der Waals surface area contributed by atoms with Crippen molar-refractivity contribution in [3.8, 4) is 67.3 Å². The van der Waals surface area contributed by atoms with Gasteiger partial charge in [0.25, 0.3) is 0 Å². The summed E-state index contributed by atoms with van der Waals surface area (Å²) in [5.41, 5.74) is 24.4. The third-order valence-electron chi connectivity index (χ3n) is 18.8. The predicted octanol–water partition coefficient (Wildman–Crippen LogP) is 20.8. The van der Waals surface area contributed by atoms with E-state index in [1.165, 1.54) is 187 Å². The quantitative estimate of drug-likeness (QED) is 0.167. The van der Waals surface area contributed by atoms with Crippen LogP contribution in [0.2, 0.25) is 0 Å². The molecule has 0 saturated heterocycles. The Balaban J connectivity index is 1.01. The van der Waals surface area contributed by atoms with Crippen molar-refractivity contribution in [1.82, 2.24) is 18.3 Å².